The van der Waals surface area contributed by atoms with Crippen LogP contribution in [0.3, 0.4) is 0 Å². The summed E-state index contributed by atoms with van der Waals surface area (Å²) in [6.45, 7) is 7.17. The number of carboxylic acids is 3. The smallest absolute Gasteiger partial charge is 0.300 e. The van der Waals surface area contributed by atoms with E-state index >= 15 is 0 Å². The van der Waals surface area contributed by atoms with E-state index in [9.17, 15) is 0 Å². The van der Waals surface area contributed by atoms with Crippen LogP contribution >= 0.6 is 0 Å². The maximum Gasteiger partial charge on any atom is 0.300 e. The van der Waals surface area contributed by atoms with Crippen LogP contribution in [0.1, 0.15) is 27.7 Å². The Kier molecular flexibility index (Phi) is 34.4. The Hall–Kier alpha value is -1.67. The molecule has 0 aliphatic carbocycles. The number of carboxylic acid groups (broad SMARTS) is 3. The molecule has 8 heteroatoms. The number of aliphatic carboxylic acids is 3. The fourth-order valence-electron chi connectivity index (χ4n) is 0.256. The van der Waals surface area contributed by atoms with Crippen LogP contribution in [0.25, 0.3) is 0 Å². The summed E-state index contributed by atoms with van der Waals surface area (Å²) >= 11 is 0. The normalized spacial score (nSPS) is 7.17. The van der Waals surface area contributed by atoms with E-state index in [0.29, 0.717) is 0 Å². The molecule has 0 amide bonds. The van der Waals surface area contributed by atoms with Gasteiger partial charge in [-0.2, -0.15) is 0 Å². The van der Waals surface area contributed by atoms with Gasteiger partial charge in [0.25, 0.3) is 17.9 Å². The van der Waals surface area contributed by atoms with E-state index in [0.717, 1.165) is 33.9 Å². The molecule has 18 heavy (non-hydrogen) atoms. The van der Waals surface area contributed by atoms with Crippen LogP contribution in [0, 0.1) is 0 Å². The third-order valence-electron chi connectivity index (χ3n) is 0.539. The van der Waals surface area contributed by atoms with Crippen molar-refractivity contribution in [3.8, 4) is 0 Å². The summed E-state index contributed by atoms with van der Waals surface area (Å²) in [7, 11) is 0. The third-order valence-corrected chi connectivity index (χ3v) is 0.539. The second-order valence-corrected chi connectivity index (χ2v) is 2.63. The van der Waals surface area contributed by atoms with E-state index < -0.39 is 17.9 Å². The molecule has 0 bridgehead atoms. The van der Waals surface area contributed by atoms with Gasteiger partial charge in [0.1, 0.15) is 0 Å². The molecule has 0 heterocycles. The van der Waals surface area contributed by atoms with E-state index in [1.807, 2.05) is 6.92 Å². The monoisotopic (exact) mass is 269 g/mol. The first kappa shape index (κ1) is 25.2. The van der Waals surface area contributed by atoms with E-state index in [-0.39, 0.29) is 6.61 Å². The van der Waals surface area contributed by atoms with Crippen molar-refractivity contribution in [1.29, 1.82) is 0 Å². The maximum absolute atomic E-state index is 9.00. The minimum absolute atomic E-state index is 0.244. The number of aliphatic hydroxyl groups excluding tert-OH is 1. The Labute approximate surface area is 106 Å². The number of likely N-dealkylation sites (N-methyl/N-ethyl adjacent to an activating group) is 1. The van der Waals surface area contributed by atoms with Crippen LogP contribution in [-0.2, 0) is 14.4 Å². The summed E-state index contributed by atoms with van der Waals surface area (Å²) in [6.07, 6.45) is 0. The second kappa shape index (κ2) is 24.5. The second-order valence-electron chi connectivity index (χ2n) is 2.63. The van der Waals surface area contributed by atoms with Crippen LogP contribution in [0.2, 0.25) is 0 Å². The predicted molar refractivity (Wildman–Crippen MR) is 65.6 cm³/mol. The van der Waals surface area contributed by atoms with Crippen LogP contribution < -0.4 is 5.32 Å². The van der Waals surface area contributed by atoms with Gasteiger partial charge in [0.05, 0.1) is 6.61 Å². The molecule has 0 aromatic carbocycles. The highest BCUT2D eigenvalue weighted by Crippen LogP contribution is 1.51. The highest BCUT2D eigenvalue weighted by molar-refractivity contribution is 5.63. The molecule has 0 rings (SSSR count). The number of hydrogen-bond donors (Lipinski definition) is 5. The minimum atomic E-state index is -0.833. The fraction of sp³-hybridized carbons (Fsp3) is 0.700. The summed E-state index contributed by atoms with van der Waals surface area (Å²) in [6, 6.07) is 0. The van der Waals surface area contributed by atoms with Gasteiger partial charge in [-0.3, -0.25) is 14.4 Å². The van der Waals surface area contributed by atoms with Crippen LogP contribution in [0.4, 0.5) is 0 Å². The Morgan fingerprint density at radius 3 is 1.17 bits per heavy atom. The van der Waals surface area contributed by atoms with Gasteiger partial charge in [-0.05, 0) is 6.54 Å². The van der Waals surface area contributed by atoms with Gasteiger partial charge in [-0.1, -0.05) is 6.92 Å². The molecule has 0 saturated carbocycles. The lowest BCUT2D eigenvalue weighted by Gasteiger charge is -1.91. The quantitative estimate of drug-likeness (QED) is 0.445. The molecular formula is C10H23NO7. The standard InChI is InChI=1S/C4H11NO.3C2H4O2/c1-2-5-3-4-6;3*1-2(3)4/h5-6H,2-4H2,1H3;3*1H3,(H,3,4). The van der Waals surface area contributed by atoms with Crippen molar-refractivity contribution in [3.63, 3.8) is 0 Å². The zero-order valence-electron chi connectivity index (χ0n) is 11.1. The highest BCUT2D eigenvalue weighted by atomic mass is 16.4. The Morgan fingerprint density at radius 1 is 0.889 bits per heavy atom. The molecule has 0 aromatic heterocycles. The lowest BCUT2D eigenvalue weighted by atomic mass is 10.6. The lowest BCUT2D eigenvalue weighted by Crippen LogP contribution is -2.16. The van der Waals surface area contributed by atoms with Crippen molar-refractivity contribution >= 4 is 17.9 Å². The molecule has 0 unspecified atom stereocenters. The lowest BCUT2D eigenvalue weighted by molar-refractivity contribution is -0.135. The van der Waals surface area contributed by atoms with Gasteiger partial charge >= 0.3 is 0 Å². The summed E-state index contributed by atoms with van der Waals surface area (Å²) in [4.78, 5) is 27.0. The molecule has 0 spiro atoms. The fourth-order valence-corrected chi connectivity index (χ4v) is 0.256. The molecule has 0 radical (unpaired) electrons. The summed E-state index contributed by atoms with van der Waals surface area (Å²) in [5, 5.41) is 33.3. The highest BCUT2D eigenvalue weighted by Gasteiger charge is 1.72. The predicted octanol–water partition coefficient (Wildman–Crippen LogP) is -0.139. The molecule has 5 N–H and O–H groups in total. The van der Waals surface area contributed by atoms with Gasteiger partial charge < -0.3 is 25.7 Å². The first-order valence-corrected chi connectivity index (χ1v) is 5.01. The van der Waals surface area contributed by atoms with Crippen molar-refractivity contribution in [2.75, 3.05) is 19.7 Å². The van der Waals surface area contributed by atoms with Crippen molar-refractivity contribution in [2.24, 2.45) is 0 Å². The Balaban J connectivity index is -0.0000000742. The molecule has 0 aliphatic heterocycles. The number of rotatable bonds is 3. The third kappa shape index (κ3) is 1440. The Bertz CT molecular complexity index is 162. The average Bonchev–Trinajstić information content (AvgIpc) is 2.11. The van der Waals surface area contributed by atoms with Crippen LogP contribution in [0.15, 0.2) is 0 Å². The molecule has 0 aromatic rings. The van der Waals surface area contributed by atoms with Crippen LogP contribution in [-0.4, -0.2) is 58.0 Å². The zero-order chi connectivity index (χ0) is 15.6. The maximum atomic E-state index is 9.00. The molecule has 0 fully saturated rings. The van der Waals surface area contributed by atoms with Crippen LogP contribution in [0.5, 0.6) is 0 Å². The number of carbonyl (C=O) groups is 3. The molecule has 0 saturated heterocycles. The van der Waals surface area contributed by atoms with Crippen molar-refractivity contribution in [2.45, 2.75) is 27.7 Å². The molecule has 110 valence electrons. The number of hydrogen-bond acceptors (Lipinski definition) is 5. The summed E-state index contributed by atoms with van der Waals surface area (Å²) in [5.74, 6) is -2.50. The van der Waals surface area contributed by atoms with Crippen molar-refractivity contribution in [3.05, 3.63) is 0 Å². The first-order valence-electron chi connectivity index (χ1n) is 5.01. The molecular weight excluding hydrogens is 246 g/mol. The van der Waals surface area contributed by atoms with Gasteiger partial charge in [-0.15, -0.1) is 0 Å². The number of nitrogens with one attached hydrogen (secondary N) is 1. The van der Waals surface area contributed by atoms with Gasteiger partial charge in [0.2, 0.25) is 0 Å². The number of aliphatic hydroxyl groups is 1. The van der Waals surface area contributed by atoms with Gasteiger partial charge in [-0.25, -0.2) is 0 Å². The average molecular weight is 269 g/mol. The largest absolute Gasteiger partial charge is 0.481 e. The van der Waals surface area contributed by atoms with Crippen molar-refractivity contribution < 1.29 is 34.8 Å². The summed E-state index contributed by atoms with van der Waals surface area (Å²) < 4.78 is 0. The summed E-state index contributed by atoms with van der Waals surface area (Å²) in [5.41, 5.74) is 0. The SMILES string of the molecule is CC(=O)O.CC(=O)O.CC(=O)O.CCNCCO. The first-order chi connectivity index (χ1) is 8.11. The van der Waals surface area contributed by atoms with E-state index in [1.54, 1.807) is 0 Å². The Morgan fingerprint density at radius 2 is 1.11 bits per heavy atom. The van der Waals surface area contributed by atoms with Gasteiger partial charge in [0, 0.05) is 27.3 Å². The van der Waals surface area contributed by atoms with Gasteiger partial charge in [0.15, 0.2) is 0 Å². The van der Waals surface area contributed by atoms with Crippen molar-refractivity contribution in [1.82, 2.24) is 5.32 Å². The molecule has 8 nitrogen and oxygen atoms in total. The molecule has 0 atom stereocenters. The van der Waals surface area contributed by atoms with E-state index in [2.05, 4.69) is 5.32 Å². The molecule has 0 aliphatic rings. The topological polar surface area (TPSA) is 144 Å². The van der Waals surface area contributed by atoms with E-state index in [4.69, 9.17) is 34.8 Å². The minimum Gasteiger partial charge on any atom is -0.481 e. The van der Waals surface area contributed by atoms with E-state index in [1.165, 1.54) is 0 Å². The zero-order valence-corrected chi connectivity index (χ0v) is 11.1.